The van der Waals surface area contributed by atoms with E-state index in [2.05, 4.69) is 46.3 Å². The van der Waals surface area contributed by atoms with Gasteiger partial charge in [0.2, 0.25) is 0 Å². The molecule has 5 nitrogen and oxygen atoms in total. The Kier molecular flexibility index (Phi) is 4.95. The average molecular weight is 343 g/mol. The molecule has 0 unspecified atom stereocenters. The second kappa shape index (κ2) is 7.34. The van der Waals surface area contributed by atoms with Gasteiger partial charge in [0.1, 0.15) is 0 Å². The molecular formula is C20H29N3O2. The molecule has 136 valence electrons. The third kappa shape index (κ3) is 3.40. The van der Waals surface area contributed by atoms with Crippen LogP contribution in [0.4, 0.5) is 4.79 Å². The molecule has 0 spiro atoms. The highest BCUT2D eigenvalue weighted by Gasteiger charge is 2.44. The summed E-state index contributed by atoms with van der Waals surface area (Å²) in [6.07, 6.45) is 4.03. The Labute approximate surface area is 150 Å². The number of piperidine rings is 1. The van der Waals surface area contributed by atoms with Crippen LogP contribution in [-0.4, -0.2) is 60.8 Å². The summed E-state index contributed by atoms with van der Waals surface area (Å²) in [5.41, 5.74) is 2.54. The average Bonchev–Trinajstić information content (AvgIpc) is 3.00. The molecule has 1 aromatic rings. The quantitative estimate of drug-likeness (QED) is 0.918. The van der Waals surface area contributed by atoms with Crippen LogP contribution in [-0.2, 0) is 4.74 Å². The number of ether oxygens (including phenoxy) is 1. The van der Waals surface area contributed by atoms with Crippen LogP contribution in [0.1, 0.15) is 42.9 Å². The molecule has 1 N–H and O–H groups in total. The number of rotatable bonds is 3. The summed E-state index contributed by atoms with van der Waals surface area (Å²) in [7, 11) is 0. The van der Waals surface area contributed by atoms with E-state index in [9.17, 15) is 4.79 Å². The molecule has 0 saturated carbocycles. The molecule has 3 aliphatic rings. The fourth-order valence-corrected chi connectivity index (χ4v) is 4.57. The van der Waals surface area contributed by atoms with Crippen LogP contribution in [0.5, 0.6) is 0 Å². The Morgan fingerprint density at radius 2 is 1.84 bits per heavy atom. The molecule has 3 fully saturated rings. The summed E-state index contributed by atoms with van der Waals surface area (Å²) in [4.78, 5) is 17.7. The van der Waals surface area contributed by atoms with Crippen molar-refractivity contribution in [1.29, 1.82) is 0 Å². The monoisotopic (exact) mass is 343 g/mol. The van der Waals surface area contributed by atoms with Crippen molar-refractivity contribution < 1.29 is 9.53 Å². The minimum absolute atomic E-state index is 0.179. The van der Waals surface area contributed by atoms with E-state index in [4.69, 9.17) is 4.74 Å². The van der Waals surface area contributed by atoms with Crippen LogP contribution >= 0.6 is 0 Å². The standard InChI is InChI=1S/C20H29N3O2/c1-15-3-2-4-16(13-15)19-14-22(17-7-11-25-12-8-17)20(24)23(19)18-5-9-21-10-6-18/h2-4,13,17-19,21H,5-12,14H2,1H3/t19-/m0/s1. The topological polar surface area (TPSA) is 44.8 Å². The number of carbonyl (C=O) groups excluding carboxylic acids is 1. The van der Waals surface area contributed by atoms with Crippen LogP contribution in [0, 0.1) is 6.92 Å². The Morgan fingerprint density at radius 1 is 1.08 bits per heavy atom. The first-order chi connectivity index (χ1) is 12.2. The molecule has 3 saturated heterocycles. The zero-order chi connectivity index (χ0) is 17.2. The SMILES string of the molecule is Cc1cccc([C@@H]2CN(C3CCOCC3)C(=O)N2C2CCNCC2)c1. The van der Waals surface area contributed by atoms with Gasteiger partial charge in [0.15, 0.2) is 0 Å². The van der Waals surface area contributed by atoms with Crippen molar-refractivity contribution in [3.05, 3.63) is 35.4 Å². The van der Waals surface area contributed by atoms with Crippen LogP contribution in [0.15, 0.2) is 24.3 Å². The van der Waals surface area contributed by atoms with Crippen molar-refractivity contribution in [3.63, 3.8) is 0 Å². The highest BCUT2D eigenvalue weighted by molar-refractivity contribution is 5.78. The number of amides is 2. The number of benzene rings is 1. The molecule has 4 rings (SSSR count). The number of hydrogen-bond donors (Lipinski definition) is 1. The maximum absolute atomic E-state index is 13.4. The van der Waals surface area contributed by atoms with E-state index in [0.29, 0.717) is 12.1 Å². The van der Waals surface area contributed by atoms with Crippen LogP contribution in [0.3, 0.4) is 0 Å². The second-order valence-corrected chi connectivity index (χ2v) is 7.60. The maximum atomic E-state index is 13.4. The molecular weight excluding hydrogens is 314 g/mol. The minimum Gasteiger partial charge on any atom is -0.381 e. The van der Waals surface area contributed by atoms with E-state index < -0.39 is 0 Å². The fourth-order valence-electron chi connectivity index (χ4n) is 4.57. The second-order valence-electron chi connectivity index (χ2n) is 7.60. The molecule has 0 radical (unpaired) electrons. The lowest BCUT2D eigenvalue weighted by Gasteiger charge is -2.36. The highest BCUT2D eigenvalue weighted by atomic mass is 16.5. The number of carbonyl (C=O) groups is 1. The van der Waals surface area contributed by atoms with Crippen LogP contribution in [0.2, 0.25) is 0 Å². The van der Waals surface area contributed by atoms with E-state index >= 15 is 0 Å². The van der Waals surface area contributed by atoms with Gasteiger partial charge in [-0.1, -0.05) is 29.8 Å². The molecule has 3 aliphatic heterocycles. The lowest BCUT2D eigenvalue weighted by Crippen LogP contribution is -2.48. The number of urea groups is 1. The first kappa shape index (κ1) is 16.9. The van der Waals surface area contributed by atoms with Gasteiger partial charge in [0.05, 0.1) is 6.04 Å². The largest absolute Gasteiger partial charge is 0.381 e. The van der Waals surface area contributed by atoms with Gasteiger partial charge in [-0.05, 0) is 51.3 Å². The Balaban J connectivity index is 1.62. The normalized spacial score (nSPS) is 26.4. The summed E-state index contributed by atoms with van der Waals surface area (Å²) in [5, 5.41) is 3.42. The van der Waals surface area contributed by atoms with E-state index in [1.54, 1.807) is 0 Å². The molecule has 25 heavy (non-hydrogen) atoms. The first-order valence-corrected chi connectivity index (χ1v) is 9.68. The molecule has 0 aliphatic carbocycles. The van der Waals surface area contributed by atoms with Crippen molar-refractivity contribution in [2.75, 3.05) is 32.8 Å². The van der Waals surface area contributed by atoms with Gasteiger partial charge in [0.25, 0.3) is 0 Å². The Morgan fingerprint density at radius 3 is 2.56 bits per heavy atom. The van der Waals surface area contributed by atoms with Crippen LogP contribution < -0.4 is 5.32 Å². The van der Waals surface area contributed by atoms with Crippen molar-refractivity contribution in [2.24, 2.45) is 0 Å². The van der Waals surface area contributed by atoms with E-state index in [0.717, 1.165) is 58.5 Å². The van der Waals surface area contributed by atoms with Gasteiger partial charge >= 0.3 is 6.03 Å². The zero-order valence-electron chi connectivity index (χ0n) is 15.1. The highest BCUT2D eigenvalue weighted by Crippen LogP contribution is 2.36. The summed E-state index contributed by atoms with van der Waals surface area (Å²) >= 11 is 0. The van der Waals surface area contributed by atoms with Gasteiger partial charge in [0, 0.05) is 31.8 Å². The van der Waals surface area contributed by atoms with E-state index in [1.807, 2.05) is 0 Å². The van der Waals surface area contributed by atoms with Crippen molar-refractivity contribution in [3.8, 4) is 0 Å². The van der Waals surface area contributed by atoms with Gasteiger partial charge < -0.3 is 19.9 Å². The predicted molar refractivity (Wildman–Crippen MR) is 97.6 cm³/mol. The Hall–Kier alpha value is -1.59. The smallest absolute Gasteiger partial charge is 0.321 e. The van der Waals surface area contributed by atoms with Crippen molar-refractivity contribution in [1.82, 2.24) is 15.1 Å². The number of hydrogen-bond acceptors (Lipinski definition) is 3. The van der Waals surface area contributed by atoms with Gasteiger partial charge in [-0.25, -0.2) is 4.79 Å². The lowest BCUT2D eigenvalue weighted by atomic mass is 9.99. The van der Waals surface area contributed by atoms with Gasteiger partial charge in [-0.2, -0.15) is 0 Å². The number of aryl methyl sites for hydroxylation is 1. The number of nitrogens with zero attached hydrogens (tertiary/aromatic N) is 2. The third-order valence-electron chi connectivity index (χ3n) is 5.93. The summed E-state index contributed by atoms with van der Waals surface area (Å²) in [6, 6.07) is 9.79. The third-order valence-corrected chi connectivity index (χ3v) is 5.93. The van der Waals surface area contributed by atoms with Gasteiger partial charge in [-0.15, -0.1) is 0 Å². The predicted octanol–water partition coefficient (Wildman–Crippen LogP) is 2.70. The van der Waals surface area contributed by atoms with E-state index in [-0.39, 0.29) is 12.1 Å². The lowest BCUT2D eigenvalue weighted by molar-refractivity contribution is 0.0498. The first-order valence-electron chi connectivity index (χ1n) is 9.68. The molecule has 0 bridgehead atoms. The molecule has 1 aromatic carbocycles. The molecule has 2 amide bonds. The molecule has 1 atom stereocenters. The van der Waals surface area contributed by atoms with E-state index in [1.165, 1.54) is 11.1 Å². The maximum Gasteiger partial charge on any atom is 0.321 e. The Bertz CT molecular complexity index is 609. The summed E-state index contributed by atoms with van der Waals surface area (Å²) < 4.78 is 5.51. The van der Waals surface area contributed by atoms with Crippen molar-refractivity contribution in [2.45, 2.75) is 50.7 Å². The zero-order valence-corrected chi connectivity index (χ0v) is 15.1. The molecule has 0 aromatic heterocycles. The summed E-state index contributed by atoms with van der Waals surface area (Å²) in [5.74, 6) is 0. The van der Waals surface area contributed by atoms with Crippen LogP contribution in [0.25, 0.3) is 0 Å². The van der Waals surface area contributed by atoms with Gasteiger partial charge in [-0.3, -0.25) is 0 Å². The minimum atomic E-state index is 0.179. The fraction of sp³-hybridized carbons (Fsp3) is 0.650. The number of nitrogens with one attached hydrogen (secondary N) is 1. The van der Waals surface area contributed by atoms with Crippen molar-refractivity contribution >= 4 is 6.03 Å². The summed E-state index contributed by atoms with van der Waals surface area (Å²) in [6.45, 7) is 6.51. The molecule has 5 heteroatoms. The molecule has 3 heterocycles.